The van der Waals surface area contributed by atoms with Gasteiger partial charge in [0, 0.05) is 17.9 Å². The molecule has 0 radical (unpaired) electrons. The smallest absolute Gasteiger partial charge is 0.407 e. The van der Waals surface area contributed by atoms with Gasteiger partial charge in [0.1, 0.15) is 18.8 Å². The van der Waals surface area contributed by atoms with Crippen molar-refractivity contribution < 1.29 is 9.53 Å². The van der Waals surface area contributed by atoms with Crippen molar-refractivity contribution in [3.8, 4) is 5.82 Å². The third kappa shape index (κ3) is 4.62. The molecule has 160 valence electrons. The fourth-order valence-corrected chi connectivity index (χ4v) is 3.75. The Morgan fingerprint density at radius 2 is 2.00 bits per heavy atom. The number of pyridine rings is 1. The van der Waals surface area contributed by atoms with Gasteiger partial charge in [0.25, 0.3) is 0 Å². The van der Waals surface area contributed by atoms with Crippen LogP contribution in [0.25, 0.3) is 5.82 Å². The number of nitrogens with zero attached hydrogens (tertiary/aromatic N) is 6. The maximum absolute atomic E-state index is 12.0. The molecule has 1 amide bonds. The lowest BCUT2D eigenvalue weighted by Gasteiger charge is -2.16. The number of nitrogens with one attached hydrogen (secondary N) is 2. The zero-order valence-electron chi connectivity index (χ0n) is 17.2. The SMILES string of the molecule is CC1(NC(=O)O[C@H]2CC[C@@H](c3cnc(Nc4ccc(-n5cncn5)nc4)nc3)C2)CC1. The Kier molecular flexibility index (Phi) is 4.97. The topological polar surface area (TPSA) is 120 Å². The maximum Gasteiger partial charge on any atom is 0.407 e. The summed E-state index contributed by atoms with van der Waals surface area (Å²) in [6.07, 6.45) is 12.7. The molecule has 10 heteroatoms. The first-order valence-corrected chi connectivity index (χ1v) is 10.5. The number of carbonyl (C=O) groups excluding carboxylic acids is 1. The van der Waals surface area contributed by atoms with Crippen molar-refractivity contribution in [3.05, 3.63) is 48.9 Å². The highest BCUT2D eigenvalue weighted by Gasteiger charge is 2.40. The number of anilines is 2. The fourth-order valence-electron chi connectivity index (χ4n) is 3.75. The summed E-state index contributed by atoms with van der Waals surface area (Å²) < 4.78 is 7.18. The number of hydrogen-bond acceptors (Lipinski definition) is 8. The van der Waals surface area contributed by atoms with Gasteiger partial charge in [0.2, 0.25) is 5.95 Å². The minimum atomic E-state index is -0.301. The van der Waals surface area contributed by atoms with Crippen LogP contribution in [0.4, 0.5) is 16.4 Å². The van der Waals surface area contributed by atoms with Crippen molar-refractivity contribution in [2.75, 3.05) is 5.32 Å². The lowest BCUT2D eigenvalue weighted by atomic mass is 10.0. The van der Waals surface area contributed by atoms with Crippen molar-refractivity contribution in [1.29, 1.82) is 0 Å². The largest absolute Gasteiger partial charge is 0.446 e. The van der Waals surface area contributed by atoms with Crippen LogP contribution < -0.4 is 10.6 Å². The van der Waals surface area contributed by atoms with Crippen LogP contribution in [-0.4, -0.2) is 47.5 Å². The summed E-state index contributed by atoms with van der Waals surface area (Å²) in [7, 11) is 0. The summed E-state index contributed by atoms with van der Waals surface area (Å²) in [5.74, 6) is 1.48. The molecule has 2 aliphatic rings. The van der Waals surface area contributed by atoms with E-state index in [0.29, 0.717) is 17.7 Å². The van der Waals surface area contributed by atoms with Crippen LogP contribution >= 0.6 is 0 Å². The molecule has 5 rings (SSSR count). The van der Waals surface area contributed by atoms with Crippen LogP contribution in [0.3, 0.4) is 0 Å². The first-order valence-electron chi connectivity index (χ1n) is 10.5. The summed E-state index contributed by atoms with van der Waals surface area (Å²) >= 11 is 0. The summed E-state index contributed by atoms with van der Waals surface area (Å²) in [5.41, 5.74) is 1.78. The van der Waals surface area contributed by atoms with E-state index < -0.39 is 0 Å². The number of alkyl carbamates (subject to hydrolysis) is 1. The van der Waals surface area contributed by atoms with E-state index in [1.54, 1.807) is 17.2 Å². The third-order valence-corrected chi connectivity index (χ3v) is 5.86. The predicted molar refractivity (Wildman–Crippen MR) is 112 cm³/mol. The van der Waals surface area contributed by atoms with Crippen molar-refractivity contribution in [1.82, 2.24) is 35.0 Å². The molecule has 3 aromatic rings. The summed E-state index contributed by atoms with van der Waals surface area (Å²) in [6, 6.07) is 3.72. The molecule has 3 aromatic heterocycles. The number of carbonyl (C=O) groups is 1. The Morgan fingerprint density at radius 3 is 2.68 bits per heavy atom. The van der Waals surface area contributed by atoms with Crippen molar-refractivity contribution in [3.63, 3.8) is 0 Å². The summed E-state index contributed by atoms with van der Waals surface area (Å²) in [5, 5.41) is 10.1. The quantitative estimate of drug-likeness (QED) is 0.624. The van der Waals surface area contributed by atoms with Gasteiger partial charge in [-0.2, -0.15) is 5.10 Å². The van der Waals surface area contributed by atoms with E-state index in [2.05, 4.69) is 35.7 Å². The second-order valence-electron chi connectivity index (χ2n) is 8.43. The molecule has 2 saturated carbocycles. The van der Waals surface area contributed by atoms with Crippen LogP contribution in [0.15, 0.2) is 43.4 Å². The van der Waals surface area contributed by atoms with Crippen LogP contribution in [0.1, 0.15) is 50.5 Å². The third-order valence-electron chi connectivity index (χ3n) is 5.86. The lowest BCUT2D eigenvalue weighted by Crippen LogP contribution is -2.36. The average molecular weight is 420 g/mol. The molecule has 2 N–H and O–H groups in total. The average Bonchev–Trinajstić information content (AvgIpc) is 3.17. The maximum atomic E-state index is 12.0. The molecule has 2 fully saturated rings. The zero-order valence-corrected chi connectivity index (χ0v) is 17.2. The van der Waals surface area contributed by atoms with E-state index in [-0.39, 0.29) is 17.7 Å². The van der Waals surface area contributed by atoms with Crippen LogP contribution in [0.2, 0.25) is 0 Å². The standard InChI is InChI=1S/C21H24N8O2/c1-21(6-7-21)28-20(30)31-17-4-2-14(8-17)15-9-24-19(25-10-15)27-16-3-5-18(23-11-16)29-13-22-12-26-29/h3,5,9-14,17H,2,4,6-8H2,1H3,(H,28,30)(H,24,25,27)/t14-,17+/m1/s1. The number of rotatable bonds is 6. The second-order valence-corrected chi connectivity index (χ2v) is 8.43. The second kappa shape index (κ2) is 7.93. The minimum Gasteiger partial charge on any atom is -0.446 e. The number of ether oxygens (including phenoxy) is 1. The van der Waals surface area contributed by atoms with Crippen molar-refractivity contribution in [2.24, 2.45) is 0 Å². The highest BCUT2D eigenvalue weighted by molar-refractivity contribution is 5.69. The molecule has 0 aliphatic heterocycles. The summed E-state index contributed by atoms with van der Waals surface area (Å²) in [4.78, 5) is 29.2. The molecular weight excluding hydrogens is 396 g/mol. The molecule has 10 nitrogen and oxygen atoms in total. The van der Waals surface area contributed by atoms with Gasteiger partial charge in [-0.25, -0.2) is 29.4 Å². The molecule has 3 heterocycles. The molecule has 2 atom stereocenters. The zero-order chi connectivity index (χ0) is 21.3. The van der Waals surface area contributed by atoms with Gasteiger partial charge in [0.05, 0.1) is 11.9 Å². The van der Waals surface area contributed by atoms with Gasteiger partial charge in [-0.3, -0.25) is 0 Å². The molecule has 0 saturated heterocycles. The Hall–Kier alpha value is -3.56. The van der Waals surface area contributed by atoms with E-state index in [1.165, 1.54) is 6.33 Å². The lowest BCUT2D eigenvalue weighted by molar-refractivity contribution is 0.0967. The van der Waals surface area contributed by atoms with Gasteiger partial charge in [-0.05, 0) is 62.6 Å². The fraction of sp³-hybridized carbons (Fsp3) is 0.429. The predicted octanol–water partition coefficient (Wildman–Crippen LogP) is 3.11. The normalized spacial score (nSPS) is 21.5. The summed E-state index contributed by atoms with van der Waals surface area (Å²) in [6.45, 7) is 2.04. The Morgan fingerprint density at radius 1 is 1.16 bits per heavy atom. The van der Waals surface area contributed by atoms with Gasteiger partial charge in [-0.15, -0.1) is 0 Å². The molecule has 2 aliphatic carbocycles. The molecule has 31 heavy (non-hydrogen) atoms. The molecular formula is C21H24N8O2. The van der Waals surface area contributed by atoms with Gasteiger partial charge in [-0.1, -0.05) is 0 Å². The molecule has 0 aromatic carbocycles. The monoisotopic (exact) mass is 420 g/mol. The van der Waals surface area contributed by atoms with Crippen LogP contribution in [0, 0.1) is 0 Å². The highest BCUT2D eigenvalue weighted by Crippen LogP contribution is 2.37. The first-order chi connectivity index (χ1) is 15.1. The van der Waals surface area contributed by atoms with Crippen molar-refractivity contribution in [2.45, 2.75) is 56.6 Å². The number of amides is 1. The van der Waals surface area contributed by atoms with Gasteiger partial charge in [0.15, 0.2) is 5.82 Å². The van der Waals surface area contributed by atoms with E-state index in [1.807, 2.05) is 31.5 Å². The van der Waals surface area contributed by atoms with E-state index in [9.17, 15) is 4.79 Å². The van der Waals surface area contributed by atoms with E-state index in [0.717, 1.165) is 43.4 Å². The van der Waals surface area contributed by atoms with Crippen LogP contribution in [0.5, 0.6) is 0 Å². The number of hydrogen-bond donors (Lipinski definition) is 2. The minimum absolute atomic E-state index is 0.0558. The Bertz CT molecular complexity index is 1030. The molecule has 0 unspecified atom stereocenters. The Balaban J connectivity index is 1.14. The van der Waals surface area contributed by atoms with E-state index in [4.69, 9.17) is 4.74 Å². The molecule has 0 spiro atoms. The number of aromatic nitrogens is 6. The van der Waals surface area contributed by atoms with Gasteiger partial charge < -0.3 is 15.4 Å². The van der Waals surface area contributed by atoms with Crippen molar-refractivity contribution >= 4 is 17.7 Å². The highest BCUT2D eigenvalue weighted by atomic mass is 16.6. The van der Waals surface area contributed by atoms with Gasteiger partial charge >= 0.3 is 6.09 Å². The first kappa shape index (κ1) is 19.4. The van der Waals surface area contributed by atoms with E-state index >= 15 is 0 Å². The molecule has 0 bridgehead atoms. The van der Waals surface area contributed by atoms with Crippen LogP contribution in [-0.2, 0) is 4.74 Å². The Labute approximate surface area is 179 Å².